The van der Waals surface area contributed by atoms with Gasteiger partial charge in [-0.25, -0.2) is 4.90 Å². The zero-order valence-corrected chi connectivity index (χ0v) is 18.1. The van der Waals surface area contributed by atoms with Crippen molar-refractivity contribution in [3.8, 4) is 11.5 Å². The fourth-order valence-electron chi connectivity index (χ4n) is 3.18. The molecule has 0 spiro atoms. The van der Waals surface area contributed by atoms with Crippen LogP contribution in [0.3, 0.4) is 0 Å². The van der Waals surface area contributed by atoms with Crippen LogP contribution in [-0.2, 0) is 9.59 Å². The molecule has 0 radical (unpaired) electrons. The van der Waals surface area contributed by atoms with Gasteiger partial charge in [-0.3, -0.25) is 9.59 Å². The number of aryl methyl sites for hydroxylation is 1. The molecular formula is C23H25NO5S. The van der Waals surface area contributed by atoms with Crippen LogP contribution in [0.2, 0.25) is 0 Å². The molecule has 0 atom stereocenters. The van der Waals surface area contributed by atoms with E-state index in [1.165, 1.54) is 18.9 Å². The molecule has 0 aliphatic carbocycles. The number of carbonyl (C=O) groups is 2. The number of rotatable bonds is 9. The van der Waals surface area contributed by atoms with E-state index < -0.39 is 11.8 Å². The molecule has 0 fully saturated rings. The van der Waals surface area contributed by atoms with Gasteiger partial charge in [0.15, 0.2) is 0 Å². The first-order valence-corrected chi connectivity index (χ1v) is 10.7. The van der Waals surface area contributed by atoms with Gasteiger partial charge in [-0.15, -0.1) is 11.8 Å². The van der Waals surface area contributed by atoms with Crippen molar-refractivity contribution in [1.82, 2.24) is 0 Å². The van der Waals surface area contributed by atoms with E-state index in [4.69, 9.17) is 9.47 Å². The quantitative estimate of drug-likeness (QED) is 0.614. The van der Waals surface area contributed by atoms with Crippen molar-refractivity contribution in [2.24, 2.45) is 0 Å². The van der Waals surface area contributed by atoms with E-state index in [2.05, 4.69) is 0 Å². The Kier molecular flexibility index (Phi) is 7.18. The molecule has 0 unspecified atom stereocenters. The summed E-state index contributed by atoms with van der Waals surface area (Å²) in [6, 6.07) is 12.5. The number of anilines is 1. The Bertz CT molecular complexity index is 968. The van der Waals surface area contributed by atoms with Gasteiger partial charge >= 0.3 is 0 Å². The molecule has 7 heteroatoms. The standard InChI is InChI=1S/C23H25NO5S/c1-4-12-29-17-8-6-16(7-9-17)20-21(30-13-11-25)23(27)24(22(20)26)18-14-15(2)5-10-19(18)28-3/h5-10,14,25H,4,11-13H2,1-3H3. The van der Waals surface area contributed by atoms with Gasteiger partial charge in [-0.2, -0.15) is 0 Å². The normalized spacial score (nSPS) is 13.9. The summed E-state index contributed by atoms with van der Waals surface area (Å²) in [5, 5.41) is 9.27. The van der Waals surface area contributed by atoms with E-state index in [-0.39, 0.29) is 6.61 Å². The van der Waals surface area contributed by atoms with Crippen LogP contribution in [-0.4, -0.2) is 43.0 Å². The number of nitrogens with zero attached hydrogens (tertiary/aromatic N) is 1. The summed E-state index contributed by atoms with van der Waals surface area (Å²) in [4.78, 5) is 28.1. The molecular weight excluding hydrogens is 402 g/mol. The van der Waals surface area contributed by atoms with Crippen LogP contribution >= 0.6 is 11.8 Å². The zero-order chi connectivity index (χ0) is 21.7. The minimum Gasteiger partial charge on any atom is -0.495 e. The molecule has 158 valence electrons. The average molecular weight is 428 g/mol. The van der Waals surface area contributed by atoms with Crippen molar-refractivity contribution in [1.29, 1.82) is 0 Å². The Morgan fingerprint density at radius 1 is 1.07 bits per heavy atom. The monoisotopic (exact) mass is 427 g/mol. The second-order valence-electron chi connectivity index (χ2n) is 6.77. The lowest BCUT2D eigenvalue weighted by atomic mass is 10.1. The van der Waals surface area contributed by atoms with Gasteiger partial charge < -0.3 is 14.6 Å². The summed E-state index contributed by atoms with van der Waals surface area (Å²) in [6.07, 6.45) is 0.898. The third kappa shape index (κ3) is 4.37. The number of benzene rings is 2. The number of thioether (sulfide) groups is 1. The van der Waals surface area contributed by atoms with Gasteiger partial charge in [0.2, 0.25) is 0 Å². The lowest BCUT2D eigenvalue weighted by Gasteiger charge is -2.19. The largest absolute Gasteiger partial charge is 0.495 e. The van der Waals surface area contributed by atoms with Crippen LogP contribution in [0.5, 0.6) is 11.5 Å². The fraction of sp³-hybridized carbons (Fsp3) is 0.304. The minimum absolute atomic E-state index is 0.0967. The fourth-order valence-corrected chi connectivity index (χ4v) is 4.04. The summed E-state index contributed by atoms with van der Waals surface area (Å²) in [5.74, 6) is 0.641. The van der Waals surface area contributed by atoms with Gasteiger partial charge in [0, 0.05) is 5.75 Å². The van der Waals surface area contributed by atoms with Crippen molar-refractivity contribution in [2.75, 3.05) is 31.0 Å². The Morgan fingerprint density at radius 3 is 2.43 bits per heavy atom. The number of carbonyl (C=O) groups excluding carboxylic acids is 2. The molecule has 1 aliphatic rings. The highest BCUT2D eigenvalue weighted by Crippen LogP contribution is 2.41. The topological polar surface area (TPSA) is 76.1 Å². The molecule has 1 heterocycles. The second kappa shape index (κ2) is 9.82. The molecule has 0 aromatic heterocycles. The number of ether oxygens (including phenoxy) is 2. The summed E-state index contributed by atoms with van der Waals surface area (Å²) in [7, 11) is 1.50. The predicted molar refractivity (Wildman–Crippen MR) is 119 cm³/mol. The molecule has 2 amide bonds. The molecule has 0 saturated heterocycles. The minimum atomic E-state index is -0.413. The van der Waals surface area contributed by atoms with Gasteiger partial charge in [0.05, 0.1) is 36.5 Å². The average Bonchev–Trinajstić information content (AvgIpc) is 3.00. The maximum absolute atomic E-state index is 13.4. The predicted octanol–water partition coefficient (Wildman–Crippen LogP) is 3.80. The summed E-state index contributed by atoms with van der Waals surface area (Å²) < 4.78 is 11.0. The second-order valence-corrected chi connectivity index (χ2v) is 7.88. The van der Waals surface area contributed by atoms with Gasteiger partial charge in [-0.05, 0) is 48.7 Å². The summed E-state index contributed by atoms with van der Waals surface area (Å²) in [6.45, 7) is 4.43. The summed E-state index contributed by atoms with van der Waals surface area (Å²) in [5.41, 5.74) is 2.27. The van der Waals surface area contributed by atoms with Crippen molar-refractivity contribution >= 4 is 34.8 Å². The molecule has 2 aromatic rings. The van der Waals surface area contributed by atoms with Crippen LogP contribution in [0, 0.1) is 6.92 Å². The lowest BCUT2D eigenvalue weighted by molar-refractivity contribution is -0.119. The maximum Gasteiger partial charge on any atom is 0.272 e. The van der Waals surface area contributed by atoms with Crippen molar-refractivity contribution < 1.29 is 24.2 Å². The Labute approximate surface area is 180 Å². The van der Waals surface area contributed by atoms with Crippen LogP contribution in [0.4, 0.5) is 5.69 Å². The van der Waals surface area contributed by atoms with Crippen LogP contribution < -0.4 is 14.4 Å². The SMILES string of the molecule is CCCOc1ccc(C2=C(SCCO)C(=O)N(c3cc(C)ccc3OC)C2=O)cc1. The molecule has 6 nitrogen and oxygen atoms in total. The highest BCUT2D eigenvalue weighted by Gasteiger charge is 2.41. The molecule has 0 bridgehead atoms. The smallest absolute Gasteiger partial charge is 0.272 e. The third-order valence-corrected chi connectivity index (χ3v) is 5.62. The van der Waals surface area contributed by atoms with E-state index in [0.29, 0.717) is 45.6 Å². The zero-order valence-electron chi connectivity index (χ0n) is 17.3. The molecule has 3 rings (SSSR count). The Balaban J connectivity index is 2.03. The Morgan fingerprint density at radius 2 is 1.80 bits per heavy atom. The molecule has 0 saturated carbocycles. The molecule has 30 heavy (non-hydrogen) atoms. The van der Waals surface area contributed by atoms with Gasteiger partial charge in [0.1, 0.15) is 11.5 Å². The first-order chi connectivity index (χ1) is 14.5. The Hall–Kier alpha value is -2.77. The summed E-state index contributed by atoms with van der Waals surface area (Å²) >= 11 is 1.18. The molecule has 1 aliphatic heterocycles. The van der Waals surface area contributed by atoms with Crippen LogP contribution in [0.1, 0.15) is 24.5 Å². The number of aliphatic hydroxyl groups excluding tert-OH is 1. The van der Waals surface area contributed by atoms with Gasteiger partial charge in [-0.1, -0.05) is 25.1 Å². The number of aliphatic hydroxyl groups is 1. The lowest BCUT2D eigenvalue weighted by Crippen LogP contribution is -2.31. The number of methoxy groups -OCH3 is 1. The van der Waals surface area contributed by atoms with Crippen molar-refractivity contribution in [3.63, 3.8) is 0 Å². The first-order valence-electron chi connectivity index (χ1n) is 9.76. The van der Waals surface area contributed by atoms with Crippen molar-refractivity contribution in [2.45, 2.75) is 20.3 Å². The van der Waals surface area contributed by atoms with Crippen LogP contribution in [0.25, 0.3) is 5.57 Å². The first kappa shape index (κ1) is 21.9. The van der Waals surface area contributed by atoms with Crippen LogP contribution in [0.15, 0.2) is 47.4 Å². The molecule has 1 N–H and O–H groups in total. The highest BCUT2D eigenvalue weighted by atomic mass is 32.2. The highest BCUT2D eigenvalue weighted by molar-refractivity contribution is 8.04. The number of amides is 2. The van der Waals surface area contributed by atoms with Gasteiger partial charge in [0.25, 0.3) is 11.8 Å². The van der Waals surface area contributed by atoms with E-state index in [1.54, 1.807) is 36.4 Å². The number of hydrogen-bond donors (Lipinski definition) is 1. The van der Waals surface area contributed by atoms with E-state index in [9.17, 15) is 14.7 Å². The third-order valence-electron chi connectivity index (χ3n) is 4.57. The van der Waals surface area contributed by atoms with Crippen molar-refractivity contribution in [3.05, 3.63) is 58.5 Å². The number of imide groups is 1. The maximum atomic E-state index is 13.4. The van der Waals surface area contributed by atoms with E-state index in [1.807, 2.05) is 19.9 Å². The van der Waals surface area contributed by atoms with E-state index in [0.717, 1.165) is 16.9 Å². The van der Waals surface area contributed by atoms with E-state index >= 15 is 0 Å². The molecule has 2 aromatic carbocycles. The number of hydrogen-bond acceptors (Lipinski definition) is 6.